The number of rotatable bonds is 7. The minimum Gasteiger partial charge on any atom is -0.481 e. The van der Waals surface area contributed by atoms with Gasteiger partial charge < -0.3 is 10.4 Å². The summed E-state index contributed by atoms with van der Waals surface area (Å²) in [4.78, 5) is 22.7. The first-order valence-corrected chi connectivity index (χ1v) is 6.98. The minimum atomic E-state index is -0.892. The van der Waals surface area contributed by atoms with Crippen LogP contribution in [0.15, 0.2) is 24.3 Å². The Kier molecular flexibility index (Phi) is 5.88. The molecule has 2 N–H and O–H groups in total. The van der Waals surface area contributed by atoms with Crippen molar-refractivity contribution in [3.05, 3.63) is 35.6 Å². The highest BCUT2D eigenvalue weighted by Gasteiger charge is 2.24. The van der Waals surface area contributed by atoms with Gasteiger partial charge in [-0.2, -0.15) is 0 Å². The van der Waals surface area contributed by atoms with E-state index in [9.17, 15) is 14.0 Å². The smallest absolute Gasteiger partial charge is 0.303 e. The first-order chi connectivity index (χ1) is 9.71. The maximum Gasteiger partial charge on any atom is 0.303 e. The molecule has 1 unspecified atom stereocenters. The van der Waals surface area contributed by atoms with Crippen molar-refractivity contribution in [1.82, 2.24) is 5.32 Å². The zero-order valence-electron chi connectivity index (χ0n) is 12.6. The lowest BCUT2D eigenvalue weighted by molar-refractivity contribution is -0.138. The quantitative estimate of drug-likeness (QED) is 0.813. The number of nitrogens with one attached hydrogen (secondary N) is 1. The zero-order chi connectivity index (χ0) is 16.0. The highest BCUT2D eigenvalue weighted by atomic mass is 19.1. The molecule has 0 bridgehead atoms. The molecular weight excluding hydrogens is 273 g/mol. The van der Waals surface area contributed by atoms with Crippen molar-refractivity contribution < 1.29 is 19.1 Å². The molecule has 5 heteroatoms. The predicted octanol–water partition coefficient (Wildman–Crippen LogP) is 2.76. The van der Waals surface area contributed by atoms with Gasteiger partial charge in [0.15, 0.2) is 0 Å². The molecule has 0 saturated carbocycles. The summed E-state index contributed by atoms with van der Waals surface area (Å²) in [7, 11) is 0. The van der Waals surface area contributed by atoms with Crippen molar-refractivity contribution in [2.45, 2.75) is 45.6 Å². The van der Waals surface area contributed by atoms with Crippen LogP contribution < -0.4 is 5.32 Å². The summed E-state index contributed by atoms with van der Waals surface area (Å²) in [5.74, 6) is -1.79. The number of hydrogen-bond donors (Lipinski definition) is 2. The van der Waals surface area contributed by atoms with E-state index in [0.29, 0.717) is 18.4 Å². The fourth-order valence-electron chi connectivity index (χ4n) is 2.03. The topological polar surface area (TPSA) is 66.4 Å². The second kappa shape index (κ2) is 7.20. The van der Waals surface area contributed by atoms with Gasteiger partial charge in [-0.25, -0.2) is 4.39 Å². The summed E-state index contributed by atoms with van der Waals surface area (Å²) >= 11 is 0. The molecule has 21 heavy (non-hydrogen) atoms. The molecule has 1 aromatic rings. The Balaban J connectivity index is 2.58. The molecule has 0 heterocycles. The number of carboxylic acids is 1. The van der Waals surface area contributed by atoms with Crippen molar-refractivity contribution in [2.24, 2.45) is 5.92 Å². The number of carbonyl (C=O) groups is 2. The molecule has 0 aliphatic carbocycles. The number of benzene rings is 1. The fourth-order valence-corrected chi connectivity index (χ4v) is 2.03. The van der Waals surface area contributed by atoms with Gasteiger partial charge in [-0.1, -0.05) is 25.1 Å². The Morgan fingerprint density at radius 1 is 1.33 bits per heavy atom. The van der Waals surface area contributed by atoms with Gasteiger partial charge in [0.1, 0.15) is 5.82 Å². The molecule has 0 aromatic heterocycles. The lowest BCUT2D eigenvalue weighted by Gasteiger charge is -2.27. The van der Waals surface area contributed by atoms with E-state index in [4.69, 9.17) is 5.11 Å². The molecule has 1 rings (SSSR count). The van der Waals surface area contributed by atoms with Crippen molar-refractivity contribution in [3.8, 4) is 0 Å². The zero-order valence-corrected chi connectivity index (χ0v) is 12.6. The molecule has 0 fully saturated rings. The largest absolute Gasteiger partial charge is 0.481 e. The lowest BCUT2D eigenvalue weighted by atomic mass is 9.95. The van der Waals surface area contributed by atoms with Gasteiger partial charge in [0.25, 0.3) is 0 Å². The molecule has 4 nitrogen and oxygen atoms in total. The molecule has 1 atom stereocenters. The third kappa shape index (κ3) is 5.94. The highest BCUT2D eigenvalue weighted by Crippen LogP contribution is 2.16. The number of amides is 1. The summed E-state index contributed by atoms with van der Waals surface area (Å²) in [5, 5.41) is 11.5. The second-order valence-electron chi connectivity index (χ2n) is 5.96. The standard InChI is InChI=1S/C16H22FNO3/c1-11(10-12-6-4-5-7-13(12)17)15(21)18-16(2,3)9-8-14(19)20/h4-7,11H,8-10H2,1-3H3,(H,18,21)(H,19,20). The van der Waals surface area contributed by atoms with Crippen molar-refractivity contribution in [1.29, 1.82) is 0 Å². The van der Waals surface area contributed by atoms with Crippen LogP contribution in [0.1, 0.15) is 39.2 Å². The first-order valence-electron chi connectivity index (χ1n) is 6.98. The van der Waals surface area contributed by atoms with E-state index in [1.807, 2.05) is 0 Å². The average molecular weight is 295 g/mol. The van der Waals surface area contributed by atoms with Gasteiger partial charge in [0, 0.05) is 17.9 Å². The highest BCUT2D eigenvalue weighted by molar-refractivity contribution is 5.79. The van der Waals surface area contributed by atoms with Gasteiger partial charge in [-0.3, -0.25) is 9.59 Å². The number of hydrogen-bond acceptors (Lipinski definition) is 2. The lowest BCUT2D eigenvalue weighted by Crippen LogP contribution is -2.46. The third-order valence-electron chi connectivity index (χ3n) is 3.36. The van der Waals surface area contributed by atoms with E-state index in [2.05, 4.69) is 5.32 Å². The van der Waals surface area contributed by atoms with E-state index in [1.54, 1.807) is 39.0 Å². The summed E-state index contributed by atoms with van der Waals surface area (Å²) in [6.07, 6.45) is 0.656. The SMILES string of the molecule is CC(Cc1ccccc1F)C(=O)NC(C)(C)CCC(=O)O. The van der Waals surface area contributed by atoms with Crippen molar-refractivity contribution >= 4 is 11.9 Å². The number of aliphatic carboxylic acids is 1. The maximum atomic E-state index is 13.6. The van der Waals surface area contributed by atoms with Crippen LogP contribution in [0.5, 0.6) is 0 Å². The van der Waals surface area contributed by atoms with Gasteiger partial charge in [0.2, 0.25) is 5.91 Å². The van der Waals surface area contributed by atoms with Crippen LogP contribution in [0, 0.1) is 11.7 Å². The number of halogens is 1. The third-order valence-corrected chi connectivity index (χ3v) is 3.36. The first kappa shape index (κ1) is 17.1. The maximum absolute atomic E-state index is 13.6. The van der Waals surface area contributed by atoms with E-state index in [0.717, 1.165) is 0 Å². The van der Waals surface area contributed by atoms with E-state index in [-0.39, 0.29) is 24.1 Å². The summed E-state index contributed by atoms with van der Waals surface area (Å²) in [5.41, 5.74) is -0.0950. The molecular formula is C16H22FNO3. The normalized spacial score (nSPS) is 12.8. The molecule has 1 amide bonds. The van der Waals surface area contributed by atoms with Crippen molar-refractivity contribution in [3.63, 3.8) is 0 Å². The van der Waals surface area contributed by atoms with Crippen LogP contribution in [0.25, 0.3) is 0 Å². The average Bonchev–Trinajstić information content (AvgIpc) is 2.38. The van der Waals surface area contributed by atoms with E-state index < -0.39 is 11.5 Å². The van der Waals surface area contributed by atoms with Crippen molar-refractivity contribution in [2.75, 3.05) is 0 Å². The summed E-state index contributed by atoms with van der Waals surface area (Å²) < 4.78 is 13.6. The van der Waals surface area contributed by atoms with Gasteiger partial charge in [0.05, 0.1) is 0 Å². The fraction of sp³-hybridized carbons (Fsp3) is 0.500. The molecule has 0 spiro atoms. The Morgan fingerprint density at radius 2 is 1.95 bits per heavy atom. The van der Waals surface area contributed by atoms with Crippen LogP contribution in [-0.4, -0.2) is 22.5 Å². The Hall–Kier alpha value is -1.91. The Morgan fingerprint density at radius 3 is 2.52 bits per heavy atom. The van der Waals surface area contributed by atoms with Gasteiger partial charge in [-0.05, 0) is 38.3 Å². The van der Waals surface area contributed by atoms with E-state index in [1.165, 1.54) is 6.07 Å². The molecule has 0 aliphatic heterocycles. The van der Waals surface area contributed by atoms with E-state index >= 15 is 0 Å². The molecule has 0 aliphatic rings. The van der Waals surface area contributed by atoms with Crippen LogP contribution >= 0.6 is 0 Å². The molecule has 0 radical (unpaired) electrons. The number of carbonyl (C=O) groups excluding carboxylic acids is 1. The Bertz CT molecular complexity index is 514. The monoisotopic (exact) mass is 295 g/mol. The molecule has 0 saturated heterocycles. The summed E-state index contributed by atoms with van der Waals surface area (Å²) in [6, 6.07) is 6.38. The Labute approximate surface area is 124 Å². The second-order valence-corrected chi connectivity index (χ2v) is 5.96. The predicted molar refractivity (Wildman–Crippen MR) is 78.4 cm³/mol. The van der Waals surface area contributed by atoms with Crippen LogP contribution in [0.4, 0.5) is 4.39 Å². The van der Waals surface area contributed by atoms with Gasteiger partial charge >= 0.3 is 5.97 Å². The van der Waals surface area contributed by atoms with Crippen LogP contribution in [0.2, 0.25) is 0 Å². The number of carboxylic acid groups (broad SMARTS) is 1. The molecule has 1 aromatic carbocycles. The van der Waals surface area contributed by atoms with Crippen LogP contribution in [0.3, 0.4) is 0 Å². The summed E-state index contributed by atoms with van der Waals surface area (Å²) in [6.45, 7) is 5.29. The van der Waals surface area contributed by atoms with Gasteiger partial charge in [-0.15, -0.1) is 0 Å². The molecule has 116 valence electrons. The minimum absolute atomic E-state index is 0.00499. The van der Waals surface area contributed by atoms with Crippen LogP contribution in [-0.2, 0) is 16.0 Å².